The molecule has 1 saturated carbocycles. The fraction of sp³-hybridized carbons (Fsp3) is 0.679. The molecule has 188 valence electrons. The molecule has 1 amide bonds. The summed E-state index contributed by atoms with van der Waals surface area (Å²) in [6.07, 6.45) is 5.94. The maximum Gasteiger partial charge on any atom is 0.246 e. The molecule has 5 atom stereocenters. The van der Waals surface area contributed by atoms with Gasteiger partial charge >= 0.3 is 0 Å². The largest absolute Gasteiger partial charge is 0.480 e. The highest BCUT2D eigenvalue weighted by Gasteiger charge is 2.80. The molecule has 1 aliphatic carbocycles. The van der Waals surface area contributed by atoms with Crippen LogP contribution >= 0.6 is 0 Å². The van der Waals surface area contributed by atoms with Gasteiger partial charge in [-0.15, -0.1) is 0 Å². The number of ether oxygens (including phenoxy) is 2. The van der Waals surface area contributed by atoms with E-state index in [4.69, 9.17) is 9.47 Å². The van der Waals surface area contributed by atoms with E-state index in [1.165, 1.54) is 5.56 Å². The second-order valence-corrected chi connectivity index (χ2v) is 13.3. The number of benzene rings is 1. The van der Waals surface area contributed by atoms with E-state index in [0.29, 0.717) is 12.8 Å². The molecule has 35 heavy (non-hydrogen) atoms. The standard InChI is InChI=1S/C28H37N3O4/c1-23(2)10-12-34-21-18(35-23)8-7-17-20(21)29-15-26(17)14-27-16-31-11-9-25(5,33)28(31,22(32)30(27)6)13-19(27)24(26,3)4/h7-8,10,12,19,29,33H,9,11,13-16H2,1-6H3/t19?,25-,26?,27-,28?/m1/s1. The molecule has 7 nitrogen and oxygen atoms in total. The normalized spacial score (nSPS) is 43.7. The molecule has 2 N–H and O–H groups in total. The van der Waals surface area contributed by atoms with Crippen LogP contribution < -0.4 is 14.8 Å². The number of piperazine rings is 1. The van der Waals surface area contributed by atoms with Crippen LogP contribution in [0.3, 0.4) is 0 Å². The second kappa shape index (κ2) is 6.00. The second-order valence-electron chi connectivity index (χ2n) is 13.3. The van der Waals surface area contributed by atoms with Crippen molar-refractivity contribution < 1.29 is 19.4 Å². The Labute approximate surface area is 207 Å². The van der Waals surface area contributed by atoms with Gasteiger partial charge in [0.25, 0.3) is 0 Å². The van der Waals surface area contributed by atoms with Crippen molar-refractivity contribution in [2.24, 2.45) is 11.3 Å². The van der Waals surface area contributed by atoms with Crippen molar-refractivity contribution in [1.82, 2.24) is 9.80 Å². The smallest absolute Gasteiger partial charge is 0.246 e. The summed E-state index contributed by atoms with van der Waals surface area (Å²) >= 11 is 0. The van der Waals surface area contributed by atoms with Crippen LogP contribution in [0.4, 0.5) is 5.69 Å². The van der Waals surface area contributed by atoms with Crippen molar-refractivity contribution in [3.8, 4) is 11.5 Å². The Hall–Kier alpha value is -2.25. The molecule has 5 fully saturated rings. The van der Waals surface area contributed by atoms with Gasteiger partial charge in [0.2, 0.25) is 5.91 Å². The number of nitrogens with one attached hydrogen (secondary N) is 1. The van der Waals surface area contributed by atoms with Gasteiger partial charge in [-0.25, -0.2) is 0 Å². The Morgan fingerprint density at radius 3 is 2.71 bits per heavy atom. The number of likely N-dealkylation sites (N-methyl/N-ethyl adjacent to an activating group) is 1. The molecule has 7 heteroatoms. The van der Waals surface area contributed by atoms with Gasteiger partial charge in [-0.1, -0.05) is 19.9 Å². The van der Waals surface area contributed by atoms with Crippen molar-refractivity contribution in [3.05, 3.63) is 30.0 Å². The summed E-state index contributed by atoms with van der Waals surface area (Å²) in [5.41, 5.74) is -0.511. The maximum absolute atomic E-state index is 14.0. The number of carbonyl (C=O) groups is 1. The van der Waals surface area contributed by atoms with E-state index < -0.39 is 16.7 Å². The van der Waals surface area contributed by atoms with Crippen molar-refractivity contribution >= 4 is 11.6 Å². The third kappa shape index (κ3) is 2.21. The summed E-state index contributed by atoms with van der Waals surface area (Å²) in [4.78, 5) is 18.3. The number of rotatable bonds is 0. The average Bonchev–Trinajstić information content (AvgIpc) is 3.29. The summed E-state index contributed by atoms with van der Waals surface area (Å²) < 4.78 is 12.4. The molecule has 0 aromatic heterocycles. The zero-order valence-corrected chi connectivity index (χ0v) is 21.7. The topological polar surface area (TPSA) is 74.3 Å². The highest BCUT2D eigenvalue weighted by Crippen LogP contribution is 2.72. The van der Waals surface area contributed by atoms with Gasteiger partial charge in [0.05, 0.1) is 23.1 Å². The van der Waals surface area contributed by atoms with Crippen molar-refractivity contribution in [3.63, 3.8) is 0 Å². The first-order chi connectivity index (χ1) is 16.3. The minimum Gasteiger partial charge on any atom is -0.480 e. The summed E-state index contributed by atoms with van der Waals surface area (Å²) in [5, 5.41) is 15.2. The monoisotopic (exact) mass is 479 g/mol. The molecule has 6 aliphatic heterocycles. The van der Waals surface area contributed by atoms with E-state index >= 15 is 0 Å². The first-order valence-corrected chi connectivity index (χ1v) is 13.0. The minimum absolute atomic E-state index is 0.104. The minimum atomic E-state index is -1.01. The quantitative estimate of drug-likeness (QED) is 0.595. The third-order valence-electron chi connectivity index (χ3n) is 11.2. The molecule has 3 unspecified atom stereocenters. The molecule has 1 aromatic rings. The molecule has 4 saturated heterocycles. The van der Waals surface area contributed by atoms with Crippen molar-refractivity contribution in [1.29, 1.82) is 0 Å². The summed E-state index contributed by atoms with van der Waals surface area (Å²) in [6, 6.07) is 4.28. The predicted octanol–water partition coefficient (Wildman–Crippen LogP) is 3.27. The lowest BCUT2D eigenvalue weighted by Crippen LogP contribution is -2.82. The van der Waals surface area contributed by atoms with Crippen LogP contribution in [0, 0.1) is 11.3 Å². The van der Waals surface area contributed by atoms with Crippen LogP contribution in [0.1, 0.15) is 59.4 Å². The fourth-order valence-corrected chi connectivity index (χ4v) is 9.15. The predicted molar refractivity (Wildman–Crippen MR) is 133 cm³/mol. The zero-order valence-electron chi connectivity index (χ0n) is 21.7. The first kappa shape index (κ1) is 22.0. The molecule has 6 heterocycles. The number of hydrogen-bond acceptors (Lipinski definition) is 6. The van der Waals surface area contributed by atoms with Gasteiger partial charge in [-0.05, 0) is 69.1 Å². The molecular formula is C28H37N3O4. The van der Waals surface area contributed by atoms with Gasteiger partial charge < -0.3 is 24.8 Å². The van der Waals surface area contributed by atoms with E-state index in [1.54, 1.807) is 6.26 Å². The van der Waals surface area contributed by atoms with Crippen LogP contribution in [-0.2, 0) is 10.2 Å². The number of carbonyl (C=O) groups excluding carboxylic acids is 1. The first-order valence-electron chi connectivity index (χ1n) is 13.0. The molecular weight excluding hydrogens is 442 g/mol. The van der Waals surface area contributed by atoms with Crippen LogP contribution in [0.5, 0.6) is 11.5 Å². The van der Waals surface area contributed by atoms with Crippen LogP contribution in [-0.4, -0.2) is 69.8 Å². The van der Waals surface area contributed by atoms with Gasteiger partial charge in [0, 0.05) is 32.1 Å². The van der Waals surface area contributed by atoms with Crippen molar-refractivity contribution in [2.75, 3.05) is 32.0 Å². The third-order valence-corrected chi connectivity index (χ3v) is 11.2. The Morgan fingerprint density at radius 2 is 1.94 bits per heavy atom. The maximum atomic E-state index is 14.0. The Bertz CT molecular complexity index is 1200. The SMILES string of the molecule is CN1C(=O)C23CC4C(C)(C)C5(CNc6c5ccc5c6OC=CC(C)(C)O5)C[C@@]41CN2CC[C@@]3(C)O. The molecule has 7 aliphatic rings. The molecule has 3 spiro atoms. The lowest BCUT2D eigenvalue weighted by Gasteiger charge is -2.65. The highest BCUT2D eigenvalue weighted by atomic mass is 16.5. The van der Waals surface area contributed by atoms with E-state index in [9.17, 15) is 9.90 Å². The highest BCUT2D eigenvalue weighted by molar-refractivity contribution is 5.92. The average molecular weight is 480 g/mol. The van der Waals surface area contributed by atoms with E-state index in [1.807, 2.05) is 38.8 Å². The molecule has 8 rings (SSSR count). The van der Waals surface area contributed by atoms with E-state index in [0.717, 1.165) is 43.2 Å². The van der Waals surface area contributed by atoms with Gasteiger partial charge in [0.1, 0.15) is 11.1 Å². The zero-order chi connectivity index (χ0) is 24.8. The number of piperidine rings is 2. The number of fused-ring (bicyclic) bond motifs is 5. The summed E-state index contributed by atoms with van der Waals surface area (Å²) in [6.45, 7) is 13.1. The lowest BCUT2D eigenvalue weighted by atomic mass is 9.55. The number of aliphatic hydroxyl groups is 1. The van der Waals surface area contributed by atoms with E-state index in [2.05, 4.69) is 36.2 Å². The van der Waals surface area contributed by atoms with Crippen molar-refractivity contribution in [2.45, 2.75) is 81.6 Å². The van der Waals surface area contributed by atoms with Crippen LogP contribution in [0.2, 0.25) is 0 Å². The number of hydrogen-bond donors (Lipinski definition) is 2. The summed E-state index contributed by atoms with van der Waals surface area (Å²) in [7, 11) is 1.99. The molecule has 1 aromatic carbocycles. The van der Waals surface area contributed by atoms with Gasteiger partial charge in [-0.2, -0.15) is 0 Å². The van der Waals surface area contributed by atoms with Crippen LogP contribution in [0.15, 0.2) is 24.5 Å². The van der Waals surface area contributed by atoms with E-state index in [-0.39, 0.29) is 28.2 Å². The number of amides is 1. The fourth-order valence-electron chi connectivity index (χ4n) is 9.15. The molecule has 2 bridgehead atoms. The van der Waals surface area contributed by atoms with Gasteiger partial charge in [0.15, 0.2) is 11.5 Å². The number of nitrogens with zero attached hydrogens (tertiary/aromatic N) is 2. The lowest BCUT2D eigenvalue weighted by molar-refractivity contribution is -0.206. The molecule has 0 radical (unpaired) electrons. The number of anilines is 1. The van der Waals surface area contributed by atoms with Gasteiger partial charge in [-0.3, -0.25) is 9.69 Å². The summed E-state index contributed by atoms with van der Waals surface area (Å²) in [5.74, 6) is 1.88. The van der Waals surface area contributed by atoms with Crippen LogP contribution in [0.25, 0.3) is 0 Å². The Balaban J connectivity index is 1.38. The Kier molecular flexibility index (Phi) is 3.77. The Morgan fingerprint density at radius 1 is 1.17 bits per heavy atom.